The van der Waals surface area contributed by atoms with Gasteiger partial charge in [0.1, 0.15) is 0 Å². The lowest BCUT2D eigenvalue weighted by Crippen LogP contribution is -2.26. The van der Waals surface area contributed by atoms with Crippen LogP contribution in [0.3, 0.4) is 0 Å². The average molecular weight is 421 g/mol. The number of nitrogens with one attached hydrogen (secondary N) is 2. The summed E-state index contributed by atoms with van der Waals surface area (Å²) in [5.74, 6) is -0.363. The molecule has 0 saturated heterocycles. The number of sulfonamides is 1. The van der Waals surface area contributed by atoms with Gasteiger partial charge in [-0.25, -0.2) is 13.1 Å². The van der Waals surface area contributed by atoms with E-state index in [-0.39, 0.29) is 10.8 Å². The molecule has 0 aliphatic heterocycles. The molecule has 0 bridgehead atoms. The highest BCUT2D eigenvalue weighted by atomic mass is 35.5. The van der Waals surface area contributed by atoms with Gasteiger partial charge in [0, 0.05) is 17.0 Å². The smallest absolute Gasteiger partial charge is 0.255 e. The number of benzene rings is 2. The van der Waals surface area contributed by atoms with Crippen LogP contribution in [0.5, 0.6) is 0 Å². The van der Waals surface area contributed by atoms with E-state index in [1.807, 2.05) is 17.5 Å². The molecule has 0 aliphatic rings. The summed E-state index contributed by atoms with van der Waals surface area (Å²) < 4.78 is 27.3. The largest absolute Gasteiger partial charge is 0.321 e. The van der Waals surface area contributed by atoms with E-state index in [0.29, 0.717) is 29.2 Å². The Balaban J connectivity index is 1.63. The number of carbonyl (C=O) groups excluding carboxylic acids is 1. The molecule has 3 aromatic rings. The molecule has 2 aromatic carbocycles. The molecular weight excluding hydrogens is 404 g/mol. The van der Waals surface area contributed by atoms with Crippen LogP contribution in [0.15, 0.2) is 70.9 Å². The summed E-state index contributed by atoms with van der Waals surface area (Å²) in [5, 5.41) is 5.08. The number of anilines is 1. The Morgan fingerprint density at radius 3 is 2.41 bits per heavy atom. The minimum absolute atomic E-state index is 0.114. The topological polar surface area (TPSA) is 75.3 Å². The van der Waals surface area contributed by atoms with Gasteiger partial charge in [-0.05, 0) is 54.3 Å². The van der Waals surface area contributed by atoms with Crippen molar-refractivity contribution in [2.75, 3.05) is 11.9 Å². The predicted octanol–water partition coefficient (Wildman–Crippen LogP) is 4.17. The molecule has 27 heavy (non-hydrogen) atoms. The summed E-state index contributed by atoms with van der Waals surface area (Å²) in [6.45, 7) is 0.317. The van der Waals surface area contributed by atoms with Crippen LogP contribution in [0, 0.1) is 0 Å². The molecule has 1 aromatic heterocycles. The Morgan fingerprint density at radius 2 is 1.74 bits per heavy atom. The fourth-order valence-corrected chi connectivity index (χ4v) is 4.31. The predicted molar refractivity (Wildman–Crippen MR) is 109 cm³/mol. The lowest BCUT2D eigenvalue weighted by atomic mass is 10.2. The third-order valence-electron chi connectivity index (χ3n) is 3.79. The van der Waals surface area contributed by atoms with E-state index in [1.54, 1.807) is 35.6 Å². The lowest BCUT2D eigenvalue weighted by Gasteiger charge is -2.09. The number of rotatable bonds is 7. The highest BCUT2D eigenvalue weighted by molar-refractivity contribution is 7.89. The third-order valence-corrected chi connectivity index (χ3v) is 6.54. The standard InChI is InChI=1S/C19H17ClN2O3S2/c20-17-5-1-2-6-18(17)22-19(23)14-7-9-16(10-8-14)27(24,25)21-12-11-15-4-3-13-26-15/h1-10,13,21H,11-12H2,(H,22,23). The zero-order valence-corrected chi connectivity index (χ0v) is 16.6. The van der Waals surface area contributed by atoms with Gasteiger partial charge in [0.2, 0.25) is 10.0 Å². The van der Waals surface area contributed by atoms with E-state index in [1.165, 1.54) is 24.3 Å². The molecule has 0 unspecified atom stereocenters. The number of hydrogen-bond acceptors (Lipinski definition) is 4. The van der Waals surface area contributed by atoms with E-state index >= 15 is 0 Å². The van der Waals surface area contributed by atoms with E-state index in [9.17, 15) is 13.2 Å². The van der Waals surface area contributed by atoms with Crippen molar-refractivity contribution in [2.24, 2.45) is 0 Å². The Hall–Kier alpha value is -2.19. The molecule has 2 N–H and O–H groups in total. The van der Waals surface area contributed by atoms with Crippen LogP contribution in [0.2, 0.25) is 5.02 Å². The fraction of sp³-hybridized carbons (Fsp3) is 0.105. The zero-order chi connectivity index (χ0) is 19.3. The molecule has 0 radical (unpaired) electrons. The first-order valence-corrected chi connectivity index (χ1v) is 10.9. The fourth-order valence-electron chi connectivity index (χ4n) is 2.39. The van der Waals surface area contributed by atoms with Crippen molar-refractivity contribution in [1.82, 2.24) is 4.72 Å². The van der Waals surface area contributed by atoms with Gasteiger partial charge in [0.05, 0.1) is 15.6 Å². The first kappa shape index (κ1) is 19.6. The molecule has 0 saturated carbocycles. The van der Waals surface area contributed by atoms with Crippen molar-refractivity contribution in [3.05, 3.63) is 81.5 Å². The Kier molecular flexibility index (Phi) is 6.28. The van der Waals surface area contributed by atoms with Gasteiger partial charge in [-0.3, -0.25) is 4.79 Å². The second-order valence-corrected chi connectivity index (χ2v) is 8.89. The Bertz CT molecular complexity index is 1020. The van der Waals surface area contributed by atoms with Crippen LogP contribution in [-0.4, -0.2) is 20.9 Å². The molecular formula is C19H17ClN2O3S2. The molecule has 8 heteroatoms. The van der Waals surface area contributed by atoms with Crippen LogP contribution >= 0.6 is 22.9 Å². The van der Waals surface area contributed by atoms with Crippen molar-refractivity contribution in [1.29, 1.82) is 0 Å². The van der Waals surface area contributed by atoms with Crippen molar-refractivity contribution < 1.29 is 13.2 Å². The van der Waals surface area contributed by atoms with Gasteiger partial charge < -0.3 is 5.32 Å². The molecule has 1 amide bonds. The van der Waals surface area contributed by atoms with E-state index < -0.39 is 10.0 Å². The third kappa shape index (κ3) is 5.17. The lowest BCUT2D eigenvalue weighted by molar-refractivity contribution is 0.102. The van der Waals surface area contributed by atoms with Gasteiger partial charge in [0.25, 0.3) is 5.91 Å². The van der Waals surface area contributed by atoms with E-state index in [0.717, 1.165) is 4.88 Å². The number of carbonyl (C=O) groups is 1. The number of amides is 1. The van der Waals surface area contributed by atoms with Crippen LogP contribution < -0.4 is 10.0 Å². The van der Waals surface area contributed by atoms with Gasteiger partial charge >= 0.3 is 0 Å². The van der Waals surface area contributed by atoms with Gasteiger partial charge in [0.15, 0.2) is 0 Å². The first-order chi connectivity index (χ1) is 13.0. The summed E-state index contributed by atoms with van der Waals surface area (Å²) in [5.41, 5.74) is 0.837. The molecule has 3 rings (SSSR count). The summed E-state index contributed by atoms with van der Waals surface area (Å²) >= 11 is 7.61. The summed E-state index contributed by atoms with van der Waals surface area (Å²) in [7, 11) is -3.62. The highest BCUT2D eigenvalue weighted by Gasteiger charge is 2.15. The van der Waals surface area contributed by atoms with Crippen LogP contribution in [-0.2, 0) is 16.4 Å². The number of halogens is 1. The second kappa shape index (κ2) is 8.67. The number of hydrogen-bond donors (Lipinski definition) is 2. The zero-order valence-electron chi connectivity index (χ0n) is 14.2. The molecule has 140 valence electrons. The number of para-hydroxylation sites is 1. The molecule has 0 fully saturated rings. The SMILES string of the molecule is O=C(Nc1ccccc1Cl)c1ccc(S(=O)(=O)NCCc2cccs2)cc1. The van der Waals surface area contributed by atoms with Crippen molar-refractivity contribution in [3.8, 4) is 0 Å². The summed E-state index contributed by atoms with van der Waals surface area (Å²) in [6.07, 6.45) is 0.634. The molecule has 0 atom stereocenters. The van der Waals surface area contributed by atoms with Crippen molar-refractivity contribution in [2.45, 2.75) is 11.3 Å². The second-order valence-electron chi connectivity index (χ2n) is 5.69. The quantitative estimate of drug-likeness (QED) is 0.602. The van der Waals surface area contributed by atoms with Gasteiger partial charge in [-0.15, -0.1) is 11.3 Å². The normalized spacial score (nSPS) is 11.3. The summed E-state index contributed by atoms with van der Waals surface area (Å²) in [6, 6.07) is 16.6. The van der Waals surface area contributed by atoms with Gasteiger partial charge in [-0.2, -0.15) is 0 Å². The highest BCUT2D eigenvalue weighted by Crippen LogP contribution is 2.21. The minimum atomic E-state index is -3.62. The summed E-state index contributed by atoms with van der Waals surface area (Å²) in [4.78, 5) is 13.5. The average Bonchev–Trinajstić information content (AvgIpc) is 3.17. The Labute approximate surface area is 167 Å². The maximum atomic E-state index is 12.4. The Morgan fingerprint density at radius 1 is 1.00 bits per heavy atom. The van der Waals surface area contributed by atoms with E-state index in [4.69, 9.17) is 11.6 Å². The van der Waals surface area contributed by atoms with Gasteiger partial charge in [-0.1, -0.05) is 29.8 Å². The van der Waals surface area contributed by atoms with Crippen molar-refractivity contribution >= 4 is 44.6 Å². The van der Waals surface area contributed by atoms with Crippen LogP contribution in [0.4, 0.5) is 5.69 Å². The van der Waals surface area contributed by atoms with Crippen molar-refractivity contribution in [3.63, 3.8) is 0 Å². The molecule has 0 spiro atoms. The maximum Gasteiger partial charge on any atom is 0.255 e. The molecule has 1 heterocycles. The first-order valence-electron chi connectivity index (χ1n) is 8.14. The monoisotopic (exact) mass is 420 g/mol. The molecule has 0 aliphatic carbocycles. The molecule has 5 nitrogen and oxygen atoms in total. The van der Waals surface area contributed by atoms with E-state index in [2.05, 4.69) is 10.0 Å². The van der Waals surface area contributed by atoms with Crippen LogP contribution in [0.25, 0.3) is 0 Å². The van der Waals surface area contributed by atoms with Crippen LogP contribution in [0.1, 0.15) is 15.2 Å². The maximum absolute atomic E-state index is 12.4. The number of thiophene rings is 1. The minimum Gasteiger partial charge on any atom is -0.321 e.